The van der Waals surface area contributed by atoms with Crippen molar-refractivity contribution < 1.29 is 0 Å². The molecule has 1 nitrogen and oxygen atoms in total. The second kappa shape index (κ2) is 5.80. The first-order valence-corrected chi connectivity index (χ1v) is 7.29. The van der Waals surface area contributed by atoms with Crippen molar-refractivity contribution in [3.05, 3.63) is 29.3 Å². The molecule has 1 aliphatic rings. The Morgan fingerprint density at radius 3 is 2.47 bits per heavy atom. The normalized spacial score (nSPS) is 19.3. The molecule has 0 saturated heterocycles. The smallest absolute Gasteiger partial charge is 0.107 e. The first-order valence-electron chi connectivity index (χ1n) is 6.10. The first kappa shape index (κ1) is 12.8. The van der Waals surface area contributed by atoms with E-state index < -0.39 is 0 Å². The number of nitrogens with zero attached hydrogens (tertiary/aromatic N) is 1. The van der Waals surface area contributed by atoms with Gasteiger partial charge in [0, 0.05) is 9.92 Å². The molecule has 0 atom stereocenters. The number of benzene rings is 1. The lowest BCUT2D eigenvalue weighted by Gasteiger charge is -2.24. The SMILES string of the molecule is N#CC1(Sc2cccc(Cl)c2)CCCCCC1. The zero-order chi connectivity index (χ0) is 12.1. The van der Waals surface area contributed by atoms with Gasteiger partial charge in [0.05, 0.1) is 6.07 Å². The Morgan fingerprint density at radius 2 is 1.88 bits per heavy atom. The topological polar surface area (TPSA) is 23.8 Å². The molecular formula is C14H16ClNS. The van der Waals surface area contributed by atoms with E-state index >= 15 is 0 Å². The van der Waals surface area contributed by atoms with Crippen LogP contribution in [-0.2, 0) is 0 Å². The molecule has 1 saturated carbocycles. The predicted octanol–water partition coefficient (Wildman–Crippen LogP) is 5.05. The predicted molar refractivity (Wildman–Crippen MR) is 73.4 cm³/mol. The Balaban J connectivity index is 2.16. The molecule has 2 rings (SSSR count). The second-order valence-electron chi connectivity index (χ2n) is 4.58. The molecule has 1 aromatic rings. The van der Waals surface area contributed by atoms with E-state index in [0.717, 1.165) is 22.8 Å². The van der Waals surface area contributed by atoms with Crippen LogP contribution in [0.1, 0.15) is 38.5 Å². The maximum atomic E-state index is 9.49. The third-order valence-electron chi connectivity index (χ3n) is 3.22. The van der Waals surface area contributed by atoms with Gasteiger partial charge >= 0.3 is 0 Å². The summed E-state index contributed by atoms with van der Waals surface area (Å²) in [7, 11) is 0. The van der Waals surface area contributed by atoms with E-state index in [0.29, 0.717) is 0 Å². The molecule has 0 spiro atoms. The fourth-order valence-corrected chi connectivity index (χ4v) is 3.87. The molecule has 0 heterocycles. The molecule has 17 heavy (non-hydrogen) atoms. The maximum Gasteiger partial charge on any atom is 0.107 e. The average molecular weight is 266 g/mol. The van der Waals surface area contributed by atoms with Crippen molar-refractivity contribution in [2.45, 2.75) is 48.2 Å². The summed E-state index contributed by atoms with van der Waals surface area (Å²) >= 11 is 7.68. The van der Waals surface area contributed by atoms with Crippen molar-refractivity contribution in [2.75, 3.05) is 0 Å². The first-order chi connectivity index (χ1) is 8.24. The van der Waals surface area contributed by atoms with Crippen molar-refractivity contribution in [1.82, 2.24) is 0 Å². The van der Waals surface area contributed by atoms with E-state index in [2.05, 4.69) is 6.07 Å². The minimum absolute atomic E-state index is 0.235. The number of thioether (sulfide) groups is 1. The molecule has 3 heteroatoms. The molecule has 0 radical (unpaired) electrons. The number of halogens is 1. The minimum atomic E-state index is -0.235. The quantitative estimate of drug-likeness (QED) is 0.699. The zero-order valence-corrected chi connectivity index (χ0v) is 11.4. The minimum Gasteiger partial charge on any atom is -0.197 e. The number of hydrogen-bond donors (Lipinski definition) is 0. The van der Waals surface area contributed by atoms with E-state index in [4.69, 9.17) is 11.6 Å². The molecule has 1 aliphatic carbocycles. The third-order valence-corrected chi connectivity index (χ3v) is 4.84. The van der Waals surface area contributed by atoms with Crippen LogP contribution in [0, 0.1) is 11.3 Å². The van der Waals surface area contributed by atoms with Gasteiger partial charge in [0.25, 0.3) is 0 Å². The van der Waals surface area contributed by atoms with Gasteiger partial charge in [0.1, 0.15) is 4.75 Å². The molecule has 0 N–H and O–H groups in total. The third kappa shape index (κ3) is 3.40. The van der Waals surface area contributed by atoms with E-state index in [9.17, 15) is 5.26 Å². The average Bonchev–Trinajstić information content (AvgIpc) is 2.55. The van der Waals surface area contributed by atoms with Crippen LogP contribution in [0.3, 0.4) is 0 Å². The van der Waals surface area contributed by atoms with Gasteiger partial charge in [0.15, 0.2) is 0 Å². The van der Waals surface area contributed by atoms with Crippen LogP contribution < -0.4 is 0 Å². The van der Waals surface area contributed by atoms with Crippen LogP contribution in [0.2, 0.25) is 5.02 Å². The Morgan fingerprint density at radius 1 is 1.18 bits per heavy atom. The highest BCUT2D eigenvalue weighted by molar-refractivity contribution is 8.01. The number of rotatable bonds is 2. The van der Waals surface area contributed by atoms with E-state index in [1.54, 1.807) is 11.8 Å². The van der Waals surface area contributed by atoms with Gasteiger partial charge in [-0.3, -0.25) is 0 Å². The fourth-order valence-electron chi connectivity index (χ4n) is 2.29. The summed E-state index contributed by atoms with van der Waals surface area (Å²) in [5, 5.41) is 10.2. The summed E-state index contributed by atoms with van der Waals surface area (Å²) in [5.74, 6) is 0. The van der Waals surface area contributed by atoms with Gasteiger partial charge in [-0.05, 0) is 31.0 Å². The van der Waals surface area contributed by atoms with Crippen LogP contribution in [0.25, 0.3) is 0 Å². The number of hydrogen-bond acceptors (Lipinski definition) is 2. The molecule has 0 unspecified atom stereocenters. The summed E-state index contributed by atoms with van der Waals surface area (Å²) in [6.07, 6.45) is 6.86. The Bertz CT molecular complexity index is 416. The van der Waals surface area contributed by atoms with Crippen LogP contribution in [-0.4, -0.2) is 4.75 Å². The van der Waals surface area contributed by atoms with Crippen molar-refractivity contribution in [3.8, 4) is 6.07 Å². The summed E-state index contributed by atoms with van der Waals surface area (Å²) in [4.78, 5) is 1.11. The molecule has 0 amide bonds. The van der Waals surface area contributed by atoms with Crippen molar-refractivity contribution in [2.24, 2.45) is 0 Å². The molecular weight excluding hydrogens is 250 g/mol. The lowest BCUT2D eigenvalue weighted by Crippen LogP contribution is -2.20. The molecule has 90 valence electrons. The Kier molecular flexibility index (Phi) is 4.36. The van der Waals surface area contributed by atoms with Gasteiger partial charge in [-0.1, -0.05) is 43.4 Å². The van der Waals surface area contributed by atoms with Crippen molar-refractivity contribution in [1.29, 1.82) is 5.26 Å². The highest BCUT2D eigenvalue weighted by Gasteiger charge is 2.32. The zero-order valence-electron chi connectivity index (χ0n) is 9.79. The molecule has 1 fully saturated rings. The van der Waals surface area contributed by atoms with E-state index in [1.807, 2.05) is 24.3 Å². The van der Waals surface area contributed by atoms with E-state index in [1.165, 1.54) is 25.7 Å². The van der Waals surface area contributed by atoms with Crippen LogP contribution in [0.4, 0.5) is 0 Å². The number of nitriles is 1. The Labute approximate surface area is 112 Å². The summed E-state index contributed by atoms with van der Waals surface area (Å²) in [5.41, 5.74) is 0. The summed E-state index contributed by atoms with van der Waals surface area (Å²) in [6.45, 7) is 0. The highest BCUT2D eigenvalue weighted by atomic mass is 35.5. The molecule has 0 aliphatic heterocycles. The van der Waals surface area contributed by atoms with Gasteiger partial charge in [-0.2, -0.15) is 5.26 Å². The fraction of sp³-hybridized carbons (Fsp3) is 0.500. The molecule has 0 bridgehead atoms. The maximum absolute atomic E-state index is 9.49. The highest BCUT2D eigenvalue weighted by Crippen LogP contribution is 2.42. The van der Waals surface area contributed by atoms with Gasteiger partial charge in [0.2, 0.25) is 0 Å². The monoisotopic (exact) mass is 265 g/mol. The summed E-state index contributed by atoms with van der Waals surface area (Å²) in [6, 6.07) is 10.4. The van der Waals surface area contributed by atoms with Gasteiger partial charge < -0.3 is 0 Å². The second-order valence-corrected chi connectivity index (χ2v) is 6.47. The molecule has 1 aromatic carbocycles. The van der Waals surface area contributed by atoms with Gasteiger partial charge in [-0.15, -0.1) is 11.8 Å². The van der Waals surface area contributed by atoms with E-state index in [-0.39, 0.29) is 4.75 Å². The largest absolute Gasteiger partial charge is 0.197 e. The van der Waals surface area contributed by atoms with Crippen molar-refractivity contribution in [3.63, 3.8) is 0 Å². The summed E-state index contributed by atoms with van der Waals surface area (Å²) < 4.78 is -0.235. The van der Waals surface area contributed by atoms with Crippen molar-refractivity contribution >= 4 is 23.4 Å². The standard InChI is InChI=1S/C14H16ClNS/c15-12-6-5-7-13(10-12)17-14(11-16)8-3-1-2-4-9-14/h5-7,10H,1-4,8-9H2. The van der Waals surface area contributed by atoms with Crippen LogP contribution in [0.15, 0.2) is 29.2 Å². The molecule has 0 aromatic heterocycles. The lowest BCUT2D eigenvalue weighted by atomic mass is 10.0. The Hall–Kier alpha value is -0.650. The lowest BCUT2D eigenvalue weighted by molar-refractivity contribution is 0.618. The van der Waals surface area contributed by atoms with Gasteiger partial charge in [-0.25, -0.2) is 0 Å². The van der Waals surface area contributed by atoms with Crippen LogP contribution >= 0.6 is 23.4 Å². The van der Waals surface area contributed by atoms with Crippen LogP contribution in [0.5, 0.6) is 0 Å².